The Bertz CT molecular complexity index is 599. The third-order valence-electron chi connectivity index (χ3n) is 3.05. The first-order chi connectivity index (χ1) is 9.63. The number of methoxy groups -OCH3 is 2. The minimum Gasteiger partial charge on any atom is -0.493 e. The highest BCUT2D eigenvalue weighted by molar-refractivity contribution is 9.10. The summed E-state index contributed by atoms with van der Waals surface area (Å²) in [5.41, 5.74) is 3.46. The molecule has 2 aromatic carbocycles. The molecule has 0 radical (unpaired) electrons. The second kappa shape index (κ2) is 6.66. The molecule has 0 aliphatic rings. The molecule has 2 rings (SSSR count). The number of rotatable bonds is 5. The SMILES string of the molecule is COc1cc(Br)c(CNc2cccc(C)c2)cc1OC. The van der Waals surface area contributed by atoms with Crippen LogP contribution in [0, 0.1) is 6.92 Å². The van der Waals surface area contributed by atoms with Crippen molar-refractivity contribution < 1.29 is 9.47 Å². The van der Waals surface area contributed by atoms with E-state index in [0.29, 0.717) is 6.54 Å². The second-order valence-electron chi connectivity index (χ2n) is 4.52. The first kappa shape index (κ1) is 14.7. The van der Waals surface area contributed by atoms with Crippen LogP contribution in [-0.2, 0) is 6.54 Å². The van der Waals surface area contributed by atoms with Crippen molar-refractivity contribution >= 4 is 21.6 Å². The van der Waals surface area contributed by atoms with Crippen LogP contribution in [0.25, 0.3) is 0 Å². The van der Waals surface area contributed by atoms with Gasteiger partial charge in [-0.1, -0.05) is 28.1 Å². The number of nitrogens with one attached hydrogen (secondary N) is 1. The molecular formula is C16H18BrNO2. The molecule has 0 saturated heterocycles. The summed E-state index contributed by atoms with van der Waals surface area (Å²) >= 11 is 3.56. The van der Waals surface area contributed by atoms with E-state index in [4.69, 9.17) is 9.47 Å². The minimum atomic E-state index is 0.713. The van der Waals surface area contributed by atoms with Crippen LogP contribution in [0.3, 0.4) is 0 Å². The molecule has 1 N–H and O–H groups in total. The molecule has 0 unspecified atom stereocenters. The van der Waals surface area contributed by atoms with Gasteiger partial charge in [0.25, 0.3) is 0 Å². The summed E-state index contributed by atoms with van der Waals surface area (Å²) < 4.78 is 11.6. The van der Waals surface area contributed by atoms with Gasteiger partial charge in [-0.2, -0.15) is 0 Å². The van der Waals surface area contributed by atoms with Gasteiger partial charge in [-0.05, 0) is 42.3 Å². The quantitative estimate of drug-likeness (QED) is 0.879. The van der Waals surface area contributed by atoms with Gasteiger partial charge in [0.2, 0.25) is 0 Å². The fraction of sp³-hybridized carbons (Fsp3) is 0.250. The number of hydrogen-bond donors (Lipinski definition) is 1. The number of ether oxygens (including phenoxy) is 2. The number of halogens is 1. The fourth-order valence-corrected chi connectivity index (χ4v) is 2.45. The molecule has 0 aliphatic carbocycles. The van der Waals surface area contributed by atoms with Crippen molar-refractivity contribution in [3.63, 3.8) is 0 Å². The molecule has 0 bridgehead atoms. The van der Waals surface area contributed by atoms with Crippen LogP contribution in [-0.4, -0.2) is 14.2 Å². The van der Waals surface area contributed by atoms with Crippen molar-refractivity contribution in [3.8, 4) is 11.5 Å². The van der Waals surface area contributed by atoms with E-state index in [1.165, 1.54) is 5.56 Å². The molecule has 0 aliphatic heterocycles. The predicted molar refractivity (Wildman–Crippen MR) is 85.8 cm³/mol. The molecule has 2 aromatic rings. The Hall–Kier alpha value is -1.68. The highest BCUT2D eigenvalue weighted by Gasteiger charge is 2.09. The normalized spacial score (nSPS) is 10.2. The van der Waals surface area contributed by atoms with Crippen LogP contribution in [0.1, 0.15) is 11.1 Å². The van der Waals surface area contributed by atoms with E-state index in [1.54, 1.807) is 14.2 Å². The smallest absolute Gasteiger partial charge is 0.161 e. The van der Waals surface area contributed by atoms with E-state index >= 15 is 0 Å². The molecule has 0 fully saturated rings. The molecule has 106 valence electrons. The molecule has 20 heavy (non-hydrogen) atoms. The Kier molecular flexibility index (Phi) is 4.90. The maximum atomic E-state index is 5.33. The van der Waals surface area contributed by atoms with Gasteiger partial charge in [0.15, 0.2) is 11.5 Å². The first-order valence-corrected chi connectivity index (χ1v) is 7.14. The number of benzene rings is 2. The molecule has 0 amide bonds. The van der Waals surface area contributed by atoms with Crippen molar-refractivity contribution in [2.45, 2.75) is 13.5 Å². The molecule has 0 heterocycles. The molecule has 0 saturated carbocycles. The third kappa shape index (κ3) is 3.45. The van der Waals surface area contributed by atoms with Gasteiger partial charge in [-0.25, -0.2) is 0 Å². The van der Waals surface area contributed by atoms with Gasteiger partial charge in [-0.15, -0.1) is 0 Å². The van der Waals surface area contributed by atoms with Gasteiger partial charge < -0.3 is 14.8 Å². The summed E-state index contributed by atoms with van der Waals surface area (Å²) in [4.78, 5) is 0. The van der Waals surface area contributed by atoms with Crippen LogP contribution < -0.4 is 14.8 Å². The average Bonchev–Trinajstić information content (AvgIpc) is 2.45. The predicted octanol–water partition coefficient (Wildman–Crippen LogP) is 4.39. The molecule has 0 spiro atoms. The van der Waals surface area contributed by atoms with E-state index in [-0.39, 0.29) is 0 Å². The van der Waals surface area contributed by atoms with Gasteiger partial charge in [0.1, 0.15) is 0 Å². The van der Waals surface area contributed by atoms with Crippen molar-refractivity contribution in [2.75, 3.05) is 19.5 Å². The zero-order valence-corrected chi connectivity index (χ0v) is 13.5. The Balaban J connectivity index is 2.17. The van der Waals surface area contributed by atoms with Crippen LogP contribution in [0.4, 0.5) is 5.69 Å². The number of anilines is 1. The lowest BCUT2D eigenvalue weighted by atomic mass is 10.2. The Morgan fingerprint density at radius 3 is 2.40 bits per heavy atom. The van der Waals surface area contributed by atoms with E-state index in [0.717, 1.165) is 27.2 Å². The van der Waals surface area contributed by atoms with Crippen molar-refractivity contribution in [1.82, 2.24) is 0 Å². The van der Waals surface area contributed by atoms with Crippen molar-refractivity contribution in [2.24, 2.45) is 0 Å². The summed E-state index contributed by atoms with van der Waals surface area (Å²) in [6, 6.07) is 12.2. The first-order valence-electron chi connectivity index (χ1n) is 6.35. The van der Waals surface area contributed by atoms with E-state index in [2.05, 4.69) is 46.4 Å². The van der Waals surface area contributed by atoms with E-state index < -0.39 is 0 Å². The van der Waals surface area contributed by atoms with Crippen LogP contribution in [0.2, 0.25) is 0 Å². The minimum absolute atomic E-state index is 0.713. The van der Waals surface area contributed by atoms with E-state index in [9.17, 15) is 0 Å². The Morgan fingerprint density at radius 1 is 1.05 bits per heavy atom. The van der Waals surface area contributed by atoms with Crippen molar-refractivity contribution in [1.29, 1.82) is 0 Å². The summed E-state index contributed by atoms with van der Waals surface area (Å²) in [7, 11) is 3.28. The summed E-state index contributed by atoms with van der Waals surface area (Å²) in [5, 5.41) is 3.41. The van der Waals surface area contributed by atoms with Gasteiger partial charge in [0.05, 0.1) is 14.2 Å². The maximum absolute atomic E-state index is 5.33. The summed E-state index contributed by atoms with van der Waals surface area (Å²) in [6.07, 6.45) is 0. The number of aryl methyl sites for hydroxylation is 1. The summed E-state index contributed by atoms with van der Waals surface area (Å²) in [6.45, 7) is 2.79. The molecule has 0 atom stereocenters. The average molecular weight is 336 g/mol. The molecule has 3 nitrogen and oxygen atoms in total. The Morgan fingerprint density at radius 2 is 1.75 bits per heavy atom. The standard InChI is InChI=1S/C16H18BrNO2/c1-11-5-4-6-13(7-11)18-10-12-8-15(19-2)16(20-3)9-14(12)17/h4-9,18H,10H2,1-3H3. The largest absolute Gasteiger partial charge is 0.493 e. The fourth-order valence-electron chi connectivity index (χ4n) is 1.98. The lowest BCUT2D eigenvalue weighted by molar-refractivity contribution is 0.354. The van der Waals surface area contributed by atoms with Crippen LogP contribution >= 0.6 is 15.9 Å². The lowest BCUT2D eigenvalue weighted by Gasteiger charge is -2.13. The number of hydrogen-bond acceptors (Lipinski definition) is 3. The topological polar surface area (TPSA) is 30.5 Å². The third-order valence-corrected chi connectivity index (χ3v) is 3.79. The highest BCUT2D eigenvalue weighted by atomic mass is 79.9. The van der Waals surface area contributed by atoms with Gasteiger partial charge >= 0.3 is 0 Å². The Labute approximate surface area is 128 Å². The summed E-state index contributed by atoms with van der Waals surface area (Å²) in [5.74, 6) is 1.45. The second-order valence-corrected chi connectivity index (χ2v) is 5.38. The van der Waals surface area contributed by atoms with Gasteiger partial charge in [-0.3, -0.25) is 0 Å². The zero-order valence-electron chi connectivity index (χ0n) is 11.9. The van der Waals surface area contributed by atoms with Crippen LogP contribution in [0.5, 0.6) is 11.5 Å². The highest BCUT2D eigenvalue weighted by Crippen LogP contribution is 2.33. The maximum Gasteiger partial charge on any atom is 0.161 e. The van der Waals surface area contributed by atoms with E-state index in [1.807, 2.05) is 18.2 Å². The molecule has 4 heteroatoms. The van der Waals surface area contributed by atoms with Crippen LogP contribution in [0.15, 0.2) is 40.9 Å². The molecular weight excluding hydrogens is 318 g/mol. The van der Waals surface area contributed by atoms with Crippen molar-refractivity contribution in [3.05, 3.63) is 52.0 Å². The monoisotopic (exact) mass is 335 g/mol. The zero-order chi connectivity index (χ0) is 14.5. The van der Waals surface area contributed by atoms with Gasteiger partial charge in [0, 0.05) is 16.7 Å². The lowest BCUT2D eigenvalue weighted by Crippen LogP contribution is -2.02. The molecule has 0 aromatic heterocycles.